The first-order chi connectivity index (χ1) is 13.4. The number of hydrogen-bond acceptors (Lipinski definition) is 5. The van der Waals surface area contributed by atoms with Crippen LogP contribution in [0.3, 0.4) is 0 Å². The first-order valence-electron chi connectivity index (χ1n) is 8.85. The van der Waals surface area contributed by atoms with Crippen molar-refractivity contribution in [3.05, 3.63) is 53.8 Å². The van der Waals surface area contributed by atoms with Gasteiger partial charge in [-0.3, -0.25) is 4.79 Å². The highest BCUT2D eigenvalue weighted by Gasteiger charge is 2.31. The predicted octanol–water partition coefficient (Wildman–Crippen LogP) is 2.53. The molecule has 0 atom stereocenters. The molecule has 28 heavy (non-hydrogen) atoms. The second-order valence-electron chi connectivity index (χ2n) is 6.59. The van der Waals surface area contributed by atoms with Crippen molar-refractivity contribution in [1.29, 1.82) is 0 Å². The van der Waals surface area contributed by atoms with Crippen molar-refractivity contribution >= 4 is 33.2 Å². The summed E-state index contributed by atoms with van der Waals surface area (Å²) in [6.07, 6.45) is 2.37. The van der Waals surface area contributed by atoms with E-state index in [2.05, 4.69) is 14.6 Å². The molecule has 1 amide bonds. The van der Waals surface area contributed by atoms with Crippen molar-refractivity contribution in [3.63, 3.8) is 0 Å². The Balaban J connectivity index is 1.38. The van der Waals surface area contributed by atoms with Crippen molar-refractivity contribution in [3.8, 4) is 0 Å². The fraction of sp³-hybridized carbons (Fsp3) is 0.263. The molecule has 0 radical (unpaired) electrons. The maximum absolute atomic E-state index is 13.4. The molecule has 2 aromatic rings. The minimum Gasteiger partial charge on any atom is -0.467 e. The number of carbonyl (C=O) groups is 1. The van der Waals surface area contributed by atoms with Gasteiger partial charge in [-0.2, -0.15) is 8.42 Å². The van der Waals surface area contributed by atoms with Crippen molar-refractivity contribution in [2.45, 2.75) is 17.7 Å². The molecule has 1 fully saturated rings. The number of carbonyl (C=O) groups excluding carboxylic acids is 1. The lowest BCUT2D eigenvalue weighted by Crippen LogP contribution is -2.21. The molecule has 2 aromatic carbocycles. The standard InChI is InChI=1S/C19H18FN3O4S/c20-13-3-8-17-16(11-13)19(22-28(17,25)26)27-12-18(24)21-14-4-6-15(7-5-14)23-9-1-2-10-23/h3-8,11H,1-2,9-10,12H2,(H,21,24). The minimum absolute atomic E-state index is 0.0165. The third-order valence-electron chi connectivity index (χ3n) is 4.62. The van der Waals surface area contributed by atoms with Crippen LogP contribution in [0.4, 0.5) is 15.8 Å². The van der Waals surface area contributed by atoms with Gasteiger partial charge in [0.25, 0.3) is 15.9 Å². The zero-order chi connectivity index (χ0) is 19.7. The molecule has 1 saturated heterocycles. The SMILES string of the molecule is O=C(COC1=NS(=O)(=O)c2ccc(F)cc21)Nc1ccc(N2CCCC2)cc1. The van der Waals surface area contributed by atoms with Gasteiger partial charge in [-0.1, -0.05) is 0 Å². The Morgan fingerprint density at radius 2 is 1.86 bits per heavy atom. The molecule has 9 heteroatoms. The second kappa shape index (κ2) is 7.23. The molecule has 146 valence electrons. The van der Waals surface area contributed by atoms with Crippen LogP contribution in [0.25, 0.3) is 0 Å². The normalized spacial score (nSPS) is 17.2. The maximum Gasteiger partial charge on any atom is 0.286 e. The lowest BCUT2D eigenvalue weighted by molar-refractivity contribution is -0.118. The number of rotatable bonds is 4. The summed E-state index contributed by atoms with van der Waals surface area (Å²) in [7, 11) is -3.93. The number of ether oxygens (including phenoxy) is 1. The van der Waals surface area contributed by atoms with Gasteiger partial charge in [0.05, 0.1) is 5.56 Å². The summed E-state index contributed by atoms with van der Waals surface area (Å²) in [6.45, 7) is 1.62. The van der Waals surface area contributed by atoms with Crippen LogP contribution in [-0.4, -0.2) is 39.9 Å². The molecule has 7 nitrogen and oxygen atoms in total. The average molecular weight is 403 g/mol. The van der Waals surface area contributed by atoms with Crippen LogP contribution in [0.5, 0.6) is 0 Å². The third-order valence-corrected chi connectivity index (χ3v) is 5.93. The number of amides is 1. The van der Waals surface area contributed by atoms with Gasteiger partial charge < -0.3 is 15.0 Å². The van der Waals surface area contributed by atoms with E-state index in [1.165, 1.54) is 12.8 Å². The Kier molecular flexibility index (Phi) is 4.76. The maximum atomic E-state index is 13.4. The van der Waals surface area contributed by atoms with E-state index in [0.717, 1.165) is 37.0 Å². The molecule has 1 N–H and O–H groups in total. The highest BCUT2D eigenvalue weighted by atomic mass is 32.2. The Bertz CT molecular complexity index is 1050. The van der Waals surface area contributed by atoms with Crippen molar-refractivity contribution in [1.82, 2.24) is 0 Å². The van der Waals surface area contributed by atoms with E-state index in [0.29, 0.717) is 5.69 Å². The highest BCUT2D eigenvalue weighted by Crippen LogP contribution is 2.27. The lowest BCUT2D eigenvalue weighted by atomic mass is 10.2. The van der Waals surface area contributed by atoms with Gasteiger partial charge in [-0.25, -0.2) is 4.39 Å². The molecule has 2 aliphatic heterocycles. The summed E-state index contributed by atoms with van der Waals surface area (Å²) in [6, 6.07) is 10.7. The van der Waals surface area contributed by atoms with Gasteiger partial charge in [-0.15, -0.1) is 4.40 Å². The molecule has 2 heterocycles. The number of anilines is 2. The molecule has 0 spiro atoms. The molecule has 0 bridgehead atoms. The van der Waals surface area contributed by atoms with E-state index < -0.39 is 28.4 Å². The van der Waals surface area contributed by atoms with E-state index in [9.17, 15) is 17.6 Å². The zero-order valence-corrected chi connectivity index (χ0v) is 15.7. The van der Waals surface area contributed by atoms with Crippen LogP contribution < -0.4 is 10.2 Å². The summed E-state index contributed by atoms with van der Waals surface area (Å²) >= 11 is 0. The van der Waals surface area contributed by atoms with Gasteiger partial charge in [-0.05, 0) is 55.3 Å². The number of fused-ring (bicyclic) bond motifs is 1. The first-order valence-corrected chi connectivity index (χ1v) is 10.3. The van der Waals surface area contributed by atoms with Crippen LogP contribution >= 0.6 is 0 Å². The fourth-order valence-electron chi connectivity index (χ4n) is 3.27. The van der Waals surface area contributed by atoms with Crippen LogP contribution in [0.15, 0.2) is 51.8 Å². The molecule has 4 rings (SSSR count). The van der Waals surface area contributed by atoms with Crippen LogP contribution in [0.1, 0.15) is 18.4 Å². The molecular weight excluding hydrogens is 385 g/mol. The number of hydrogen-bond donors (Lipinski definition) is 1. The van der Waals surface area contributed by atoms with Gasteiger partial charge in [0.1, 0.15) is 10.7 Å². The monoisotopic (exact) mass is 403 g/mol. The number of halogens is 1. The Morgan fingerprint density at radius 3 is 2.57 bits per heavy atom. The smallest absolute Gasteiger partial charge is 0.286 e. The highest BCUT2D eigenvalue weighted by molar-refractivity contribution is 7.90. The minimum atomic E-state index is -3.93. The van der Waals surface area contributed by atoms with Crippen LogP contribution in [0.2, 0.25) is 0 Å². The van der Waals surface area contributed by atoms with Crippen LogP contribution in [0, 0.1) is 5.82 Å². The van der Waals surface area contributed by atoms with E-state index in [1.807, 2.05) is 12.1 Å². The fourth-order valence-corrected chi connectivity index (χ4v) is 4.40. The molecule has 2 aliphatic rings. The van der Waals surface area contributed by atoms with Crippen LogP contribution in [-0.2, 0) is 19.6 Å². The van der Waals surface area contributed by atoms with Crippen molar-refractivity contribution in [2.24, 2.45) is 4.40 Å². The number of nitrogens with one attached hydrogen (secondary N) is 1. The van der Waals surface area contributed by atoms with E-state index >= 15 is 0 Å². The molecule has 0 saturated carbocycles. The zero-order valence-electron chi connectivity index (χ0n) is 14.9. The van der Waals surface area contributed by atoms with Crippen molar-refractivity contribution in [2.75, 3.05) is 29.9 Å². The lowest BCUT2D eigenvalue weighted by Gasteiger charge is -2.17. The quantitative estimate of drug-likeness (QED) is 0.848. The number of nitrogens with zero attached hydrogens (tertiary/aromatic N) is 2. The topological polar surface area (TPSA) is 88.1 Å². The average Bonchev–Trinajstić information content (AvgIpc) is 3.27. The molecular formula is C19H18FN3O4S. The number of benzene rings is 2. The van der Waals surface area contributed by atoms with Gasteiger partial charge >= 0.3 is 0 Å². The summed E-state index contributed by atoms with van der Waals surface area (Å²) in [5.74, 6) is -1.37. The third kappa shape index (κ3) is 3.70. The summed E-state index contributed by atoms with van der Waals surface area (Å²) < 4.78 is 46.1. The molecule has 0 aliphatic carbocycles. The Hall–Kier alpha value is -2.94. The second-order valence-corrected chi connectivity index (χ2v) is 8.16. The summed E-state index contributed by atoms with van der Waals surface area (Å²) in [5, 5.41) is 2.68. The molecule has 0 unspecified atom stereocenters. The van der Waals surface area contributed by atoms with Gasteiger partial charge in [0.2, 0.25) is 5.90 Å². The Morgan fingerprint density at radius 1 is 1.14 bits per heavy atom. The van der Waals surface area contributed by atoms with Crippen molar-refractivity contribution < 1.29 is 22.3 Å². The van der Waals surface area contributed by atoms with Gasteiger partial charge in [0, 0.05) is 24.5 Å². The predicted molar refractivity (Wildman–Crippen MR) is 103 cm³/mol. The van der Waals surface area contributed by atoms with E-state index in [-0.39, 0.29) is 16.4 Å². The first kappa shape index (κ1) is 18.4. The number of sulfonamides is 1. The van der Waals surface area contributed by atoms with E-state index in [1.54, 1.807) is 12.1 Å². The summed E-state index contributed by atoms with van der Waals surface area (Å²) in [4.78, 5) is 14.3. The molecule has 0 aromatic heterocycles. The van der Waals surface area contributed by atoms with E-state index in [4.69, 9.17) is 4.74 Å². The largest absolute Gasteiger partial charge is 0.467 e. The summed E-state index contributed by atoms with van der Waals surface area (Å²) in [5.41, 5.74) is 1.72. The van der Waals surface area contributed by atoms with Gasteiger partial charge in [0.15, 0.2) is 6.61 Å². The Labute approximate surface area is 161 Å².